The van der Waals surface area contributed by atoms with Gasteiger partial charge >= 0.3 is 0 Å². The molecule has 0 unspecified atom stereocenters. The first-order valence-electron chi connectivity index (χ1n) is 7.52. The van der Waals surface area contributed by atoms with E-state index < -0.39 is 5.91 Å². The number of amides is 1. The molecular weight excluding hydrogens is 294 g/mol. The van der Waals surface area contributed by atoms with E-state index in [-0.39, 0.29) is 17.0 Å². The highest BCUT2D eigenvalue weighted by Crippen LogP contribution is 2.16. The zero-order chi connectivity index (χ0) is 16.8. The average molecular weight is 313 g/mol. The summed E-state index contributed by atoms with van der Waals surface area (Å²) in [5.74, 6) is -0.592. The number of aromatic nitrogens is 2. The molecule has 1 heterocycles. The molecule has 0 aliphatic heterocycles. The van der Waals surface area contributed by atoms with E-state index in [1.807, 2.05) is 6.92 Å². The molecule has 2 aromatic rings. The van der Waals surface area contributed by atoms with Gasteiger partial charge in [-0.05, 0) is 31.5 Å². The van der Waals surface area contributed by atoms with Gasteiger partial charge in [0.15, 0.2) is 5.78 Å². The minimum Gasteiger partial charge on any atom is -0.320 e. The highest BCUT2D eigenvalue weighted by Gasteiger charge is 2.13. The monoisotopic (exact) mass is 313 g/mol. The maximum absolute atomic E-state index is 12.3. The minimum absolute atomic E-state index is 0.137. The lowest BCUT2D eigenvalue weighted by atomic mass is 10.1. The van der Waals surface area contributed by atoms with Gasteiger partial charge in [0.25, 0.3) is 11.5 Å². The van der Waals surface area contributed by atoms with Crippen molar-refractivity contribution in [1.29, 1.82) is 0 Å². The van der Waals surface area contributed by atoms with Gasteiger partial charge in [-0.15, -0.1) is 0 Å². The summed E-state index contributed by atoms with van der Waals surface area (Å²) in [6.45, 7) is 3.93. The molecule has 0 saturated heterocycles. The number of anilines is 1. The molecule has 6 heteroatoms. The average Bonchev–Trinajstić information content (AvgIpc) is 2.54. The molecule has 2 rings (SSSR count). The van der Waals surface area contributed by atoms with Crippen LogP contribution in [0.5, 0.6) is 0 Å². The van der Waals surface area contributed by atoms with Gasteiger partial charge in [-0.2, -0.15) is 5.10 Å². The van der Waals surface area contributed by atoms with Crippen molar-refractivity contribution in [2.75, 3.05) is 5.32 Å². The van der Waals surface area contributed by atoms with Crippen LogP contribution in [0.15, 0.2) is 41.2 Å². The fraction of sp³-hybridized carbons (Fsp3) is 0.294. The summed E-state index contributed by atoms with van der Waals surface area (Å²) in [5.41, 5.74) is 0.761. The summed E-state index contributed by atoms with van der Waals surface area (Å²) in [6, 6.07) is 9.48. The van der Waals surface area contributed by atoms with Crippen LogP contribution >= 0.6 is 0 Å². The highest BCUT2D eigenvalue weighted by atomic mass is 16.2. The van der Waals surface area contributed by atoms with Gasteiger partial charge in [-0.25, -0.2) is 4.68 Å². The number of nitrogens with one attached hydrogen (secondary N) is 1. The number of hydrogen-bond donors (Lipinski definition) is 1. The van der Waals surface area contributed by atoms with Crippen molar-refractivity contribution >= 4 is 17.4 Å². The Morgan fingerprint density at radius 2 is 1.91 bits per heavy atom. The van der Waals surface area contributed by atoms with E-state index in [1.54, 1.807) is 24.3 Å². The van der Waals surface area contributed by atoms with Gasteiger partial charge in [-0.3, -0.25) is 14.4 Å². The van der Waals surface area contributed by atoms with Crippen molar-refractivity contribution in [3.63, 3.8) is 0 Å². The van der Waals surface area contributed by atoms with Crippen molar-refractivity contribution in [2.45, 2.75) is 33.2 Å². The Bertz CT molecular complexity index is 781. The molecule has 0 radical (unpaired) electrons. The molecule has 0 fully saturated rings. The van der Waals surface area contributed by atoms with Crippen LogP contribution < -0.4 is 10.9 Å². The topological polar surface area (TPSA) is 81.1 Å². The SMILES string of the molecule is CCCCn1nc(C(=O)Nc2ccccc2C(C)=O)ccc1=O. The van der Waals surface area contributed by atoms with Crippen LogP contribution in [0, 0.1) is 0 Å². The smallest absolute Gasteiger partial charge is 0.276 e. The number of benzene rings is 1. The van der Waals surface area contributed by atoms with Gasteiger partial charge in [0.05, 0.1) is 5.69 Å². The van der Waals surface area contributed by atoms with Crippen molar-refractivity contribution in [1.82, 2.24) is 9.78 Å². The summed E-state index contributed by atoms with van der Waals surface area (Å²) in [7, 11) is 0. The van der Waals surface area contributed by atoms with Crippen LogP contribution in [0.25, 0.3) is 0 Å². The second kappa shape index (κ2) is 7.49. The summed E-state index contributed by atoms with van der Waals surface area (Å²) in [6.07, 6.45) is 1.74. The number of nitrogens with zero attached hydrogens (tertiary/aromatic N) is 2. The Kier molecular flexibility index (Phi) is 5.41. The summed E-state index contributed by atoms with van der Waals surface area (Å²) in [4.78, 5) is 35.6. The number of rotatable bonds is 6. The first-order valence-corrected chi connectivity index (χ1v) is 7.52. The lowest BCUT2D eigenvalue weighted by molar-refractivity contribution is 0.101. The molecule has 6 nitrogen and oxygen atoms in total. The molecular formula is C17H19N3O3. The Hall–Kier alpha value is -2.76. The molecule has 0 spiro atoms. The van der Waals surface area contributed by atoms with Crippen LogP contribution in [0.1, 0.15) is 47.5 Å². The van der Waals surface area contributed by atoms with Crippen LogP contribution in [0.3, 0.4) is 0 Å². The highest BCUT2D eigenvalue weighted by molar-refractivity contribution is 6.08. The summed E-state index contributed by atoms with van der Waals surface area (Å²) in [5, 5.41) is 6.76. The van der Waals surface area contributed by atoms with E-state index >= 15 is 0 Å². The number of ketones is 1. The molecule has 0 atom stereocenters. The molecule has 0 aliphatic rings. The number of unbranched alkanes of at least 4 members (excludes halogenated alkanes) is 1. The lowest BCUT2D eigenvalue weighted by Crippen LogP contribution is -2.26. The maximum atomic E-state index is 12.3. The van der Waals surface area contributed by atoms with Gasteiger partial charge in [-0.1, -0.05) is 25.5 Å². The van der Waals surface area contributed by atoms with Crippen LogP contribution in [-0.2, 0) is 6.54 Å². The molecule has 1 aromatic carbocycles. The van der Waals surface area contributed by atoms with Crippen LogP contribution in [-0.4, -0.2) is 21.5 Å². The maximum Gasteiger partial charge on any atom is 0.276 e. The Labute approximate surface area is 134 Å². The number of carbonyl (C=O) groups is 2. The van der Waals surface area contributed by atoms with E-state index in [0.717, 1.165) is 12.8 Å². The van der Waals surface area contributed by atoms with E-state index in [0.29, 0.717) is 17.8 Å². The fourth-order valence-corrected chi connectivity index (χ4v) is 2.12. The van der Waals surface area contributed by atoms with E-state index in [2.05, 4.69) is 10.4 Å². The van der Waals surface area contributed by atoms with E-state index in [1.165, 1.54) is 23.7 Å². The van der Waals surface area contributed by atoms with E-state index in [4.69, 9.17) is 0 Å². The predicted octanol–water partition coefficient (Wildman–Crippen LogP) is 2.50. The second-order valence-corrected chi connectivity index (χ2v) is 5.19. The predicted molar refractivity (Wildman–Crippen MR) is 87.8 cm³/mol. The van der Waals surface area contributed by atoms with Gasteiger partial charge < -0.3 is 5.32 Å². The zero-order valence-electron chi connectivity index (χ0n) is 13.2. The Morgan fingerprint density at radius 3 is 2.61 bits per heavy atom. The second-order valence-electron chi connectivity index (χ2n) is 5.19. The molecule has 0 bridgehead atoms. The quantitative estimate of drug-likeness (QED) is 0.831. The van der Waals surface area contributed by atoms with Crippen molar-refractivity contribution in [3.05, 3.63) is 58.0 Å². The summed E-state index contributed by atoms with van der Waals surface area (Å²) < 4.78 is 1.29. The molecule has 1 N–H and O–H groups in total. The Morgan fingerprint density at radius 1 is 1.17 bits per heavy atom. The summed E-state index contributed by atoms with van der Waals surface area (Å²) >= 11 is 0. The van der Waals surface area contributed by atoms with Crippen molar-refractivity contribution < 1.29 is 9.59 Å². The van der Waals surface area contributed by atoms with Gasteiger partial charge in [0, 0.05) is 18.2 Å². The third-order valence-electron chi connectivity index (χ3n) is 3.38. The number of para-hydroxylation sites is 1. The van der Waals surface area contributed by atoms with Crippen molar-refractivity contribution in [2.24, 2.45) is 0 Å². The van der Waals surface area contributed by atoms with Crippen LogP contribution in [0.2, 0.25) is 0 Å². The minimum atomic E-state index is -0.455. The molecule has 23 heavy (non-hydrogen) atoms. The number of aryl methyl sites for hydroxylation is 1. The van der Waals surface area contributed by atoms with Gasteiger partial charge in [0.2, 0.25) is 0 Å². The molecule has 0 aliphatic carbocycles. The molecule has 1 amide bonds. The van der Waals surface area contributed by atoms with Gasteiger partial charge in [0.1, 0.15) is 5.69 Å². The first-order chi connectivity index (χ1) is 11.0. The Balaban J connectivity index is 2.25. The van der Waals surface area contributed by atoms with E-state index in [9.17, 15) is 14.4 Å². The largest absolute Gasteiger partial charge is 0.320 e. The number of Topliss-reactive ketones (excluding diaryl/α,β-unsaturated/α-hetero) is 1. The zero-order valence-corrected chi connectivity index (χ0v) is 13.2. The first kappa shape index (κ1) is 16.6. The number of carbonyl (C=O) groups excluding carboxylic acids is 2. The fourth-order valence-electron chi connectivity index (χ4n) is 2.12. The van der Waals surface area contributed by atoms with Crippen LogP contribution in [0.4, 0.5) is 5.69 Å². The third kappa shape index (κ3) is 4.12. The van der Waals surface area contributed by atoms with Crippen molar-refractivity contribution in [3.8, 4) is 0 Å². The lowest BCUT2D eigenvalue weighted by Gasteiger charge is -2.10. The molecule has 1 aromatic heterocycles. The molecule has 120 valence electrons. The normalized spacial score (nSPS) is 10.3. The standard InChI is InChI=1S/C17H19N3O3/c1-3-4-11-20-16(22)10-9-15(19-20)17(23)18-14-8-6-5-7-13(14)12(2)21/h5-10H,3-4,11H2,1-2H3,(H,18,23). The number of hydrogen-bond acceptors (Lipinski definition) is 4. The third-order valence-corrected chi connectivity index (χ3v) is 3.38. The molecule has 0 saturated carbocycles.